The van der Waals surface area contributed by atoms with Crippen molar-refractivity contribution in [1.29, 1.82) is 0 Å². The van der Waals surface area contributed by atoms with Gasteiger partial charge in [0.2, 0.25) is 5.91 Å². The van der Waals surface area contributed by atoms with Gasteiger partial charge in [-0.2, -0.15) is 0 Å². The Morgan fingerprint density at radius 3 is 2.62 bits per heavy atom. The maximum Gasteiger partial charge on any atom is 0.227 e. The lowest BCUT2D eigenvalue weighted by molar-refractivity contribution is -0.140. The molecular weight excluding hydrogens is 298 g/mol. The summed E-state index contributed by atoms with van der Waals surface area (Å²) in [7, 11) is 0. The highest BCUT2D eigenvalue weighted by Crippen LogP contribution is 2.49. The molecule has 1 saturated carbocycles. The van der Waals surface area contributed by atoms with Crippen molar-refractivity contribution in [2.45, 2.75) is 25.4 Å². The Morgan fingerprint density at radius 1 is 1.04 bits per heavy atom. The van der Waals surface area contributed by atoms with Crippen LogP contribution < -0.4 is 5.32 Å². The molecule has 4 saturated heterocycles. The third-order valence-corrected chi connectivity index (χ3v) is 6.80. The van der Waals surface area contributed by atoms with Gasteiger partial charge >= 0.3 is 0 Å². The maximum atomic E-state index is 12.9. The highest BCUT2D eigenvalue weighted by atomic mass is 16.2. The van der Waals surface area contributed by atoms with Crippen LogP contribution in [-0.2, 0) is 11.3 Å². The number of benzene rings is 1. The molecule has 4 aliphatic heterocycles. The van der Waals surface area contributed by atoms with E-state index >= 15 is 0 Å². The van der Waals surface area contributed by atoms with Crippen LogP contribution in [0.3, 0.4) is 0 Å². The van der Waals surface area contributed by atoms with Crippen LogP contribution in [0, 0.1) is 23.7 Å². The van der Waals surface area contributed by atoms with E-state index in [1.165, 1.54) is 31.6 Å². The monoisotopic (exact) mass is 325 g/mol. The summed E-state index contributed by atoms with van der Waals surface area (Å²) in [6.45, 7) is 6.51. The van der Waals surface area contributed by atoms with Crippen molar-refractivity contribution in [1.82, 2.24) is 15.1 Å². The lowest BCUT2D eigenvalue weighted by Crippen LogP contribution is -2.47. The minimum atomic E-state index is 0.226. The normalized spacial score (nSPS) is 38.2. The first-order valence-corrected chi connectivity index (χ1v) is 9.57. The third kappa shape index (κ3) is 2.56. The summed E-state index contributed by atoms with van der Waals surface area (Å²) in [5.74, 6) is 3.35. The van der Waals surface area contributed by atoms with Gasteiger partial charge in [0.15, 0.2) is 0 Å². The largest absolute Gasteiger partial charge is 0.334 e. The summed E-state index contributed by atoms with van der Waals surface area (Å²) in [4.78, 5) is 17.7. The molecule has 1 unspecified atom stereocenters. The fourth-order valence-electron chi connectivity index (χ4n) is 5.38. The lowest BCUT2D eigenvalue weighted by atomic mass is 9.93. The molecule has 2 bridgehead atoms. The molecule has 0 aromatic heterocycles. The second-order valence-corrected chi connectivity index (χ2v) is 8.25. The van der Waals surface area contributed by atoms with Crippen molar-refractivity contribution in [2.75, 3.05) is 32.7 Å². The van der Waals surface area contributed by atoms with E-state index in [9.17, 15) is 4.79 Å². The van der Waals surface area contributed by atoms with Crippen molar-refractivity contribution in [3.63, 3.8) is 0 Å². The number of nitrogens with zero attached hydrogens (tertiary/aromatic N) is 2. The molecule has 1 aromatic rings. The van der Waals surface area contributed by atoms with Gasteiger partial charge in [0.25, 0.3) is 0 Å². The van der Waals surface area contributed by atoms with Crippen molar-refractivity contribution < 1.29 is 4.79 Å². The van der Waals surface area contributed by atoms with Gasteiger partial charge in [-0.05, 0) is 49.2 Å². The average molecular weight is 325 g/mol. The summed E-state index contributed by atoms with van der Waals surface area (Å²) in [5.41, 5.74) is 1.26. The lowest BCUT2D eigenvalue weighted by Gasteiger charge is -2.36. The van der Waals surface area contributed by atoms with Gasteiger partial charge in [-0.1, -0.05) is 30.3 Å². The van der Waals surface area contributed by atoms with Crippen molar-refractivity contribution in [2.24, 2.45) is 23.7 Å². The number of hydrogen-bond acceptors (Lipinski definition) is 3. The van der Waals surface area contributed by atoms with E-state index in [1.807, 2.05) is 6.07 Å². The Hall–Kier alpha value is -1.39. The Balaban J connectivity index is 1.28. The number of carbonyl (C=O) groups is 1. The van der Waals surface area contributed by atoms with E-state index in [0.29, 0.717) is 11.9 Å². The fourth-order valence-corrected chi connectivity index (χ4v) is 5.38. The summed E-state index contributed by atoms with van der Waals surface area (Å²) in [6.07, 6.45) is 2.27. The minimum absolute atomic E-state index is 0.226. The van der Waals surface area contributed by atoms with Gasteiger partial charge in [0, 0.05) is 32.2 Å². The molecule has 1 aromatic carbocycles. The summed E-state index contributed by atoms with van der Waals surface area (Å²) in [6, 6.07) is 10.9. The van der Waals surface area contributed by atoms with E-state index in [0.717, 1.165) is 43.8 Å². The van der Waals surface area contributed by atoms with Gasteiger partial charge in [-0.3, -0.25) is 4.79 Å². The molecule has 4 heteroatoms. The molecule has 24 heavy (non-hydrogen) atoms. The smallest absolute Gasteiger partial charge is 0.227 e. The van der Waals surface area contributed by atoms with E-state index < -0.39 is 0 Å². The van der Waals surface area contributed by atoms with E-state index in [-0.39, 0.29) is 5.92 Å². The van der Waals surface area contributed by atoms with Gasteiger partial charge in [0.05, 0.1) is 5.92 Å². The van der Waals surface area contributed by atoms with Crippen LogP contribution in [0.4, 0.5) is 0 Å². The zero-order chi connectivity index (χ0) is 16.1. The SMILES string of the molecule is O=C1[C@H]2CC[C@H](CN(CC3[C@H]4CNC[C@@H]34)C2)N1Cc1ccccc1. The number of fused-ring (bicyclic) bond motifs is 5. The number of amides is 1. The first-order valence-electron chi connectivity index (χ1n) is 9.57. The van der Waals surface area contributed by atoms with Crippen LogP contribution in [0.25, 0.3) is 0 Å². The molecule has 5 fully saturated rings. The first kappa shape index (κ1) is 14.9. The predicted octanol–water partition coefficient (Wildman–Crippen LogP) is 1.57. The van der Waals surface area contributed by atoms with E-state index in [2.05, 4.69) is 39.4 Å². The van der Waals surface area contributed by atoms with Gasteiger partial charge < -0.3 is 15.1 Å². The van der Waals surface area contributed by atoms with Crippen molar-refractivity contribution in [3.05, 3.63) is 35.9 Å². The molecule has 4 nitrogen and oxygen atoms in total. The zero-order valence-electron chi connectivity index (χ0n) is 14.2. The van der Waals surface area contributed by atoms with Crippen molar-refractivity contribution in [3.8, 4) is 0 Å². The number of piperidine rings is 2. The molecule has 0 radical (unpaired) electrons. The maximum absolute atomic E-state index is 12.9. The van der Waals surface area contributed by atoms with Crippen LogP contribution in [0.1, 0.15) is 18.4 Å². The summed E-state index contributed by atoms with van der Waals surface area (Å²) >= 11 is 0. The predicted molar refractivity (Wildman–Crippen MR) is 93.3 cm³/mol. The average Bonchev–Trinajstić information content (AvgIpc) is 3.12. The number of nitrogens with one attached hydrogen (secondary N) is 1. The molecule has 5 aliphatic rings. The Labute approximate surface area is 144 Å². The van der Waals surface area contributed by atoms with Crippen molar-refractivity contribution >= 4 is 5.91 Å². The molecule has 1 amide bonds. The number of hydrogen-bond donors (Lipinski definition) is 1. The molecule has 0 spiro atoms. The van der Waals surface area contributed by atoms with Crippen LogP contribution >= 0.6 is 0 Å². The van der Waals surface area contributed by atoms with Crippen LogP contribution in [0.15, 0.2) is 30.3 Å². The Kier molecular flexibility index (Phi) is 3.64. The summed E-state index contributed by atoms with van der Waals surface area (Å²) in [5, 5.41) is 3.49. The minimum Gasteiger partial charge on any atom is -0.334 e. The molecule has 4 heterocycles. The van der Waals surface area contributed by atoms with Gasteiger partial charge in [0.1, 0.15) is 0 Å². The van der Waals surface area contributed by atoms with E-state index in [4.69, 9.17) is 0 Å². The van der Waals surface area contributed by atoms with E-state index in [1.54, 1.807) is 0 Å². The third-order valence-electron chi connectivity index (χ3n) is 6.80. The van der Waals surface area contributed by atoms with Crippen LogP contribution in [0.2, 0.25) is 0 Å². The zero-order valence-corrected chi connectivity index (χ0v) is 14.2. The second kappa shape index (κ2) is 5.85. The second-order valence-electron chi connectivity index (χ2n) is 8.25. The van der Waals surface area contributed by atoms with Crippen LogP contribution in [0.5, 0.6) is 0 Å². The molecule has 1 N–H and O–H groups in total. The van der Waals surface area contributed by atoms with Gasteiger partial charge in [-0.15, -0.1) is 0 Å². The quantitative estimate of drug-likeness (QED) is 0.913. The van der Waals surface area contributed by atoms with Crippen LogP contribution in [-0.4, -0.2) is 54.5 Å². The Morgan fingerprint density at radius 2 is 1.83 bits per heavy atom. The number of carbonyl (C=O) groups excluding carboxylic acids is 1. The summed E-state index contributed by atoms with van der Waals surface area (Å²) < 4.78 is 0. The highest BCUT2D eigenvalue weighted by Gasteiger charge is 2.53. The fraction of sp³-hybridized carbons (Fsp3) is 0.650. The molecule has 6 rings (SSSR count). The molecule has 5 atom stereocenters. The molecular formula is C20H27N3O. The standard InChI is InChI=1S/C20H27N3O/c24-20-15-6-7-16(23(20)10-14-4-2-1-3-5-14)12-22(11-15)13-19-17-8-21-9-18(17)19/h1-5,15-19,21H,6-13H2/t15-,16+,17-,18+,19?/m0/s1. The molecule has 1 aliphatic carbocycles. The first-order chi connectivity index (χ1) is 11.8. The molecule has 128 valence electrons. The topological polar surface area (TPSA) is 35.6 Å². The highest BCUT2D eigenvalue weighted by molar-refractivity contribution is 5.80. The Bertz CT molecular complexity index is 609. The number of rotatable bonds is 4. The van der Waals surface area contributed by atoms with Gasteiger partial charge in [-0.25, -0.2) is 0 Å².